The number of hydrogen-bond donors (Lipinski definition) is 0. The molecule has 0 unspecified atom stereocenters. The standard InChI is InChI=1S/C104H82N2O2Si/c1-69-45-47-70(48-46-69)73-64-91-87-41-26-28-44-98(87)108-101(91)96(66-73)106(79-57-53-75(54-58-79)103(5,6)7)94-68-93-99(88-42-24-23-39-85(88)94)89-62-59-80(67-92(89)104(93,76-29-13-8-14-30-76)77-31-15-9-16-32-77)105(78-55-51-74(52-56-78)102(2,3)4)95-65-72(63-90-86-40-25-27-43-97(86)107-100(90)95)71-49-60-84(61-50-71)109(81-33-17-10-18-34-81,82-35-19-11-20-36-82)83-37-21-12-22-38-83/h8-68H,1-7H3. The van der Waals surface area contributed by atoms with Gasteiger partial charge in [-0.2, -0.15) is 0 Å². The van der Waals surface area contributed by atoms with Gasteiger partial charge in [0.25, 0.3) is 0 Å². The van der Waals surface area contributed by atoms with Gasteiger partial charge in [0.15, 0.2) is 19.2 Å². The van der Waals surface area contributed by atoms with Gasteiger partial charge < -0.3 is 18.6 Å². The minimum Gasteiger partial charge on any atom is -0.454 e. The number of rotatable bonds is 14. The monoisotopic (exact) mass is 1420 g/mol. The number of nitrogens with zero attached hydrogens (tertiary/aromatic N) is 2. The molecule has 0 radical (unpaired) electrons. The molecule has 0 N–H and O–H groups in total. The predicted octanol–water partition coefficient (Wildman–Crippen LogP) is 25.6. The lowest BCUT2D eigenvalue weighted by Gasteiger charge is -2.36. The van der Waals surface area contributed by atoms with Gasteiger partial charge in [0.2, 0.25) is 0 Å². The summed E-state index contributed by atoms with van der Waals surface area (Å²) in [5.74, 6) is 0. The Labute approximate surface area is 639 Å². The van der Waals surface area contributed by atoms with Crippen LogP contribution in [-0.4, -0.2) is 8.07 Å². The normalized spacial score (nSPS) is 12.8. The third kappa shape index (κ3) is 11.1. The summed E-state index contributed by atoms with van der Waals surface area (Å²) >= 11 is 0. The molecule has 0 aliphatic heterocycles. The number of aryl methyl sites for hydroxylation is 1. The summed E-state index contributed by atoms with van der Waals surface area (Å²) in [4.78, 5) is 4.98. The van der Waals surface area contributed by atoms with E-state index in [9.17, 15) is 0 Å². The van der Waals surface area contributed by atoms with E-state index in [4.69, 9.17) is 8.83 Å². The van der Waals surface area contributed by atoms with Crippen molar-refractivity contribution in [1.29, 1.82) is 0 Å². The first-order valence-corrected chi connectivity index (χ1v) is 40.1. The van der Waals surface area contributed by atoms with Gasteiger partial charge in [0, 0.05) is 44.0 Å². The molecule has 19 rings (SSSR count). The van der Waals surface area contributed by atoms with Crippen LogP contribution >= 0.6 is 0 Å². The van der Waals surface area contributed by atoms with Crippen molar-refractivity contribution in [2.24, 2.45) is 0 Å². The summed E-state index contributed by atoms with van der Waals surface area (Å²) in [6.07, 6.45) is 0. The van der Waals surface area contributed by atoms with Gasteiger partial charge in [0.05, 0.1) is 22.5 Å². The second-order valence-corrected chi connectivity index (χ2v) is 35.4. The van der Waals surface area contributed by atoms with E-state index in [0.29, 0.717) is 0 Å². The van der Waals surface area contributed by atoms with Crippen LogP contribution in [-0.2, 0) is 16.2 Å². The van der Waals surface area contributed by atoms with Crippen molar-refractivity contribution >= 4 is 118 Å². The minimum absolute atomic E-state index is 0.0835. The topological polar surface area (TPSA) is 32.8 Å². The number of hydrogen-bond acceptors (Lipinski definition) is 4. The summed E-state index contributed by atoms with van der Waals surface area (Å²) in [7, 11) is -2.85. The fraction of sp³-hybridized carbons (Fsp3) is 0.0962. The van der Waals surface area contributed by atoms with E-state index in [0.717, 1.165) is 122 Å². The molecule has 0 spiro atoms. The highest BCUT2D eigenvalue weighted by Crippen LogP contribution is 2.62. The Morgan fingerprint density at radius 1 is 0.284 bits per heavy atom. The van der Waals surface area contributed by atoms with E-state index in [-0.39, 0.29) is 10.8 Å². The molecule has 0 bridgehead atoms. The molecule has 0 atom stereocenters. The number of anilines is 6. The summed E-state index contributed by atoms with van der Waals surface area (Å²) in [5.41, 5.74) is 23.4. The summed E-state index contributed by atoms with van der Waals surface area (Å²) in [6, 6.07) is 139. The number of para-hydroxylation sites is 2. The van der Waals surface area contributed by atoms with Crippen molar-refractivity contribution in [2.75, 3.05) is 9.80 Å². The average Bonchev–Trinajstić information content (AvgIpc) is 1.52. The van der Waals surface area contributed by atoms with Gasteiger partial charge >= 0.3 is 0 Å². The Hall–Kier alpha value is -12.8. The van der Waals surface area contributed by atoms with Crippen molar-refractivity contribution in [2.45, 2.75) is 64.7 Å². The molecule has 0 fully saturated rings. The van der Waals surface area contributed by atoms with Crippen molar-refractivity contribution < 1.29 is 8.83 Å². The molecular weight excluding hydrogens is 1340 g/mol. The van der Waals surface area contributed by atoms with Crippen LogP contribution in [0, 0.1) is 6.92 Å². The summed E-state index contributed by atoms with van der Waals surface area (Å²) in [6.45, 7) is 15.9. The van der Waals surface area contributed by atoms with Gasteiger partial charge in [-0.15, -0.1) is 0 Å². The van der Waals surface area contributed by atoms with E-state index in [2.05, 4.69) is 428 Å². The van der Waals surface area contributed by atoms with Crippen molar-refractivity contribution in [3.63, 3.8) is 0 Å². The van der Waals surface area contributed by atoms with Crippen molar-refractivity contribution in [1.82, 2.24) is 0 Å². The van der Waals surface area contributed by atoms with E-state index >= 15 is 0 Å². The van der Waals surface area contributed by atoms with Crippen molar-refractivity contribution in [3.8, 4) is 33.4 Å². The predicted molar refractivity (Wildman–Crippen MR) is 462 cm³/mol. The Morgan fingerprint density at radius 3 is 1.14 bits per heavy atom. The maximum absolute atomic E-state index is 7.32. The van der Waals surface area contributed by atoms with Gasteiger partial charge in [-0.1, -0.05) is 338 Å². The second kappa shape index (κ2) is 26.3. The Bertz CT molecular complexity index is 6320. The molecule has 2 heterocycles. The van der Waals surface area contributed by atoms with Crippen LogP contribution in [0.5, 0.6) is 0 Å². The highest BCUT2D eigenvalue weighted by Gasteiger charge is 2.49. The van der Waals surface area contributed by atoms with Crippen LogP contribution in [0.2, 0.25) is 0 Å². The highest BCUT2D eigenvalue weighted by molar-refractivity contribution is 7.19. The molecule has 2 aromatic heterocycles. The molecular formula is C104H82N2O2Si. The lowest BCUT2D eigenvalue weighted by atomic mass is 9.67. The number of benzene rings is 16. The van der Waals surface area contributed by atoms with Crippen LogP contribution < -0.4 is 30.5 Å². The zero-order chi connectivity index (χ0) is 73.8. The molecule has 0 saturated carbocycles. The zero-order valence-corrected chi connectivity index (χ0v) is 63.4. The van der Waals surface area contributed by atoms with Crippen LogP contribution in [0.4, 0.5) is 34.1 Å². The van der Waals surface area contributed by atoms with Gasteiger partial charge in [-0.3, -0.25) is 0 Å². The van der Waals surface area contributed by atoms with Gasteiger partial charge in [0.1, 0.15) is 11.2 Å². The van der Waals surface area contributed by atoms with Crippen LogP contribution in [0.25, 0.3) is 88.0 Å². The van der Waals surface area contributed by atoms with Crippen molar-refractivity contribution in [3.05, 3.63) is 409 Å². The highest BCUT2D eigenvalue weighted by atomic mass is 28.3. The van der Waals surface area contributed by atoms with Crippen LogP contribution in [0.3, 0.4) is 0 Å². The lowest BCUT2D eigenvalue weighted by molar-refractivity contribution is 0.590. The molecule has 4 nitrogen and oxygen atoms in total. The molecule has 1 aliphatic carbocycles. The second-order valence-electron chi connectivity index (χ2n) is 31.6. The molecule has 0 amide bonds. The quantitative estimate of drug-likeness (QED) is 0.0802. The molecule has 5 heteroatoms. The van der Waals surface area contributed by atoms with E-state index in [1.807, 2.05) is 0 Å². The molecule has 1 aliphatic rings. The Kier molecular flexibility index (Phi) is 16.1. The molecule has 18 aromatic rings. The zero-order valence-electron chi connectivity index (χ0n) is 62.4. The van der Waals surface area contributed by atoms with Gasteiger partial charge in [-0.05, 0) is 190 Å². The van der Waals surface area contributed by atoms with E-state index < -0.39 is 13.5 Å². The Balaban J connectivity index is 0.870. The number of fused-ring (bicyclic) bond motifs is 11. The maximum Gasteiger partial charge on any atom is 0.179 e. The van der Waals surface area contributed by atoms with Crippen LogP contribution in [0.1, 0.15) is 80.5 Å². The SMILES string of the molecule is Cc1ccc(-c2cc(N(c3ccc(C(C)(C)C)cc3)c3cc4c(c5ccccc35)-c3ccc(N(c5ccc(C(C)(C)C)cc5)c5cc(-c6ccc([Si](c7ccccc7)(c7ccccc7)c7ccccc7)cc6)cc6c5oc5ccccc56)cc3C4(c3ccccc3)c3ccccc3)c3oc4ccccc4c3c2)cc1. The summed E-state index contributed by atoms with van der Waals surface area (Å²) < 4.78 is 14.6. The first kappa shape index (κ1) is 66.8. The maximum atomic E-state index is 7.32. The minimum atomic E-state index is -2.85. The van der Waals surface area contributed by atoms with Gasteiger partial charge in [-0.25, -0.2) is 0 Å². The summed E-state index contributed by atoms with van der Waals surface area (Å²) in [5, 5.41) is 11.8. The van der Waals surface area contributed by atoms with E-state index in [1.54, 1.807) is 0 Å². The largest absolute Gasteiger partial charge is 0.454 e. The Morgan fingerprint density at radius 2 is 0.670 bits per heavy atom. The fourth-order valence-corrected chi connectivity index (χ4v) is 22.4. The third-order valence-electron chi connectivity index (χ3n) is 23.1. The third-order valence-corrected chi connectivity index (χ3v) is 27.9. The van der Waals surface area contributed by atoms with E-state index in [1.165, 1.54) is 59.7 Å². The molecule has 109 heavy (non-hydrogen) atoms. The van der Waals surface area contributed by atoms with Crippen LogP contribution in [0.15, 0.2) is 379 Å². The molecule has 0 saturated heterocycles. The first-order valence-electron chi connectivity index (χ1n) is 38.1. The lowest BCUT2D eigenvalue weighted by Crippen LogP contribution is -2.74. The fourth-order valence-electron chi connectivity index (χ4n) is 17.7. The molecule has 524 valence electrons. The smallest absolute Gasteiger partial charge is 0.179 e. The first-order chi connectivity index (χ1) is 53.2. The molecule has 16 aromatic carbocycles. The number of furan rings is 2. The average molecular weight is 1420 g/mol.